The Kier molecular flexibility index (Phi) is 10.8. The molecule has 0 fully saturated rings. The lowest BCUT2D eigenvalue weighted by Gasteiger charge is -1.93. The van der Waals surface area contributed by atoms with Crippen LogP contribution in [0.1, 0.15) is 27.1 Å². The molecule has 0 saturated carbocycles. The number of aliphatic hydroxyl groups excluding tert-OH is 2. The molecule has 2 aromatic carbocycles. The number of nitrogens with two attached hydrogens (primary N) is 2. The molecule has 0 unspecified atom stereocenters. The van der Waals surface area contributed by atoms with E-state index in [1.165, 1.54) is 24.3 Å². The molecule has 8 N–H and O–H groups in total. The number of carbonyl (C=O) groups is 2. The topological polar surface area (TPSA) is 167 Å². The average molecular weight is 350 g/mol. The van der Waals surface area contributed by atoms with Crippen LogP contribution in [0.15, 0.2) is 48.5 Å². The summed E-state index contributed by atoms with van der Waals surface area (Å²) in [6, 6.07) is 12.1. The first-order valence-corrected chi connectivity index (χ1v) is 7.21. The summed E-state index contributed by atoms with van der Waals surface area (Å²) >= 11 is 0. The molecule has 8 heteroatoms. The second-order valence-electron chi connectivity index (χ2n) is 4.66. The van der Waals surface area contributed by atoms with Gasteiger partial charge < -0.3 is 31.9 Å². The number of aromatic carboxylic acids is 2. The van der Waals surface area contributed by atoms with E-state index in [0.29, 0.717) is 17.8 Å². The van der Waals surface area contributed by atoms with Crippen LogP contribution in [0.25, 0.3) is 0 Å². The zero-order chi connectivity index (χ0) is 19.2. The maximum atomic E-state index is 10.3. The predicted molar refractivity (Wildman–Crippen MR) is 94.4 cm³/mol. The summed E-state index contributed by atoms with van der Waals surface area (Å²) in [5, 5.41) is 32.7. The normalized spacial score (nSPS) is 9.04. The summed E-state index contributed by atoms with van der Waals surface area (Å²) in [7, 11) is 0. The minimum absolute atomic E-state index is 0.0938. The van der Waals surface area contributed by atoms with Crippen LogP contribution in [-0.4, -0.2) is 45.6 Å². The highest BCUT2D eigenvalue weighted by Crippen LogP contribution is 2.05. The van der Waals surface area contributed by atoms with E-state index in [4.69, 9.17) is 31.9 Å². The summed E-state index contributed by atoms with van der Waals surface area (Å²) in [6.45, 7) is 0.188. The molecule has 136 valence electrons. The zero-order valence-corrected chi connectivity index (χ0v) is 13.5. The molecule has 0 spiro atoms. The van der Waals surface area contributed by atoms with Gasteiger partial charge in [0, 0.05) is 24.6 Å². The smallest absolute Gasteiger partial charge is 0.335 e. The lowest BCUT2D eigenvalue weighted by atomic mass is 10.2. The maximum Gasteiger partial charge on any atom is 0.335 e. The minimum atomic E-state index is -0.931. The average Bonchev–Trinajstić information content (AvgIpc) is 2.57. The van der Waals surface area contributed by atoms with Gasteiger partial charge in [0.2, 0.25) is 0 Å². The number of nitrogen functional groups attached to an aromatic ring is 2. The number of aliphatic hydroxyl groups is 2. The standard InChI is InChI=1S/2C7H7NO2.C3H8O2/c2*8-6-3-1-5(2-4-6)7(9)10;4-2-1-3-5/h2*1-4H,8H2,(H,9,10);4-5H,1-3H2. The van der Waals surface area contributed by atoms with E-state index in [1.54, 1.807) is 24.3 Å². The number of benzene rings is 2. The molecule has 25 heavy (non-hydrogen) atoms. The van der Waals surface area contributed by atoms with Crippen LogP contribution in [0.5, 0.6) is 0 Å². The van der Waals surface area contributed by atoms with E-state index < -0.39 is 11.9 Å². The van der Waals surface area contributed by atoms with Gasteiger partial charge in [0.1, 0.15) is 0 Å². The van der Waals surface area contributed by atoms with Gasteiger partial charge in [-0.25, -0.2) is 9.59 Å². The Hall–Kier alpha value is -3.10. The molecule has 0 aliphatic carbocycles. The van der Waals surface area contributed by atoms with Gasteiger partial charge in [0.05, 0.1) is 11.1 Å². The molecule has 0 amide bonds. The summed E-state index contributed by atoms with van der Waals surface area (Å²) in [5.74, 6) is -1.86. The molecule has 0 radical (unpaired) electrons. The predicted octanol–water partition coefficient (Wildman–Crippen LogP) is 1.30. The highest BCUT2D eigenvalue weighted by molar-refractivity contribution is 5.88. The molecular formula is C17H22N2O6. The van der Waals surface area contributed by atoms with E-state index in [0.717, 1.165) is 0 Å². The first-order valence-electron chi connectivity index (χ1n) is 7.21. The van der Waals surface area contributed by atoms with Gasteiger partial charge in [-0.3, -0.25) is 0 Å². The van der Waals surface area contributed by atoms with E-state index in [2.05, 4.69) is 0 Å². The van der Waals surface area contributed by atoms with Crippen LogP contribution < -0.4 is 11.5 Å². The fourth-order valence-corrected chi connectivity index (χ4v) is 1.32. The summed E-state index contributed by atoms with van der Waals surface area (Å²) < 4.78 is 0. The lowest BCUT2D eigenvalue weighted by molar-refractivity contribution is 0.0686. The second kappa shape index (κ2) is 12.3. The van der Waals surface area contributed by atoms with Gasteiger partial charge in [-0.1, -0.05) is 0 Å². The van der Waals surface area contributed by atoms with Crippen molar-refractivity contribution in [2.24, 2.45) is 0 Å². The molecule has 0 heterocycles. The maximum absolute atomic E-state index is 10.3. The molecule has 0 bridgehead atoms. The number of carboxylic acids is 2. The summed E-state index contributed by atoms with van der Waals surface area (Å²) in [6.07, 6.45) is 0.500. The van der Waals surface area contributed by atoms with Gasteiger partial charge in [-0.05, 0) is 55.0 Å². The lowest BCUT2D eigenvalue weighted by Crippen LogP contribution is -1.95. The third-order valence-electron chi connectivity index (χ3n) is 2.63. The van der Waals surface area contributed by atoms with Crippen molar-refractivity contribution < 1.29 is 30.0 Å². The Bertz CT molecular complexity index is 584. The number of rotatable bonds is 4. The van der Waals surface area contributed by atoms with E-state index in [-0.39, 0.29) is 24.3 Å². The number of carboxylic acid groups (broad SMARTS) is 2. The second-order valence-corrected chi connectivity index (χ2v) is 4.66. The van der Waals surface area contributed by atoms with Crippen molar-refractivity contribution >= 4 is 23.3 Å². The molecule has 0 aromatic heterocycles. The summed E-state index contributed by atoms with van der Waals surface area (Å²) in [4.78, 5) is 20.5. The number of hydrogen-bond acceptors (Lipinski definition) is 6. The largest absolute Gasteiger partial charge is 0.478 e. The van der Waals surface area contributed by atoms with Gasteiger partial charge in [0.15, 0.2) is 0 Å². The Labute approximate surface area is 145 Å². The fourth-order valence-electron chi connectivity index (χ4n) is 1.32. The molecule has 2 rings (SSSR count). The van der Waals surface area contributed by atoms with Crippen LogP contribution in [0.4, 0.5) is 11.4 Å². The van der Waals surface area contributed by atoms with Crippen molar-refractivity contribution in [3.63, 3.8) is 0 Å². The minimum Gasteiger partial charge on any atom is -0.478 e. The monoisotopic (exact) mass is 350 g/mol. The van der Waals surface area contributed by atoms with E-state index in [9.17, 15) is 9.59 Å². The Morgan fingerprint density at radius 3 is 1.12 bits per heavy atom. The molecule has 0 aliphatic rings. The third kappa shape index (κ3) is 10.3. The van der Waals surface area contributed by atoms with Crippen LogP contribution in [0.3, 0.4) is 0 Å². The van der Waals surface area contributed by atoms with Gasteiger partial charge >= 0.3 is 11.9 Å². The SMILES string of the molecule is Nc1ccc(C(=O)O)cc1.Nc1ccc(C(=O)O)cc1.OCCCO. The van der Waals surface area contributed by atoms with Crippen molar-refractivity contribution in [3.05, 3.63) is 59.7 Å². The van der Waals surface area contributed by atoms with E-state index in [1.807, 2.05) is 0 Å². The third-order valence-corrected chi connectivity index (χ3v) is 2.63. The molecule has 0 saturated heterocycles. The van der Waals surface area contributed by atoms with Crippen LogP contribution in [-0.2, 0) is 0 Å². The van der Waals surface area contributed by atoms with Crippen molar-refractivity contribution in [3.8, 4) is 0 Å². The first kappa shape index (κ1) is 21.9. The van der Waals surface area contributed by atoms with Crippen molar-refractivity contribution in [1.82, 2.24) is 0 Å². The highest BCUT2D eigenvalue weighted by atomic mass is 16.4. The zero-order valence-electron chi connectivity index (χ0n) is 13.5. The van der Waals surface area contributed by atoms with Gasteiger partial charge in [0.25, 0.3) is 0 Å². The van der Waals surface area contributed by atoms with Crippen LogP contribution >= 0.6 is 0 Å². The van der Waals surface area contributed by atoms with Crippen molar-refractivity contribution in [1.29, 1.82) is 0 Å². The Morgan fingerprint density at radius 2 is 0.960 bits per heavy atom. The highest BCUT2D eigenvalue weighted by Gasteiger charge is 1.99. The molecular weight excluding hydrogens is 328 g/mol. The Balaban J connectivity index is 0.000000368. The first-order chi connectivity index (χ1) is 11.8. The van der Waals surface area contributed by atoms with Crippen molar-refractivity contribution in [2.75, 3.05) is 24.7 Å². The fraction of sp³-hybridized carbons (Fsp3) is 0.176. The molecule has 0 aliphatic heterocycles. The number of hydrogen-bond donors (Lipinski definition) is 6. The van der Waals surface area contributed by atoms with Gasteiger partial charge in [-0.2, -0.15) is 0 Å². The number of anilines is 2. The molecule has 8 nitrogen and oxygen atoms in total. The Morgan fingerprint density at radius 1 is 0.680 bits per heavy atom. The quantitative estimate of drug-likeness (QED) is 0.448. The van der Waals surface area contributed by atoms with Crippen LogP contribution in [0.2, 0.25) is 0 Å². The van der Waals surface area contributed by atoms with Gasteiger partial charge in [-0.15, -0.1) is 0 Å². The van der Waals surface area contributed by atoms with Crippen LogP contribution in [0, 0.1) is 0 Å². The van der Waals surface area contributed by atoms with Crippen molar-refractivity contribution in [2.45, 2.75) is 6.42 Å². The molecule has 0 atom stereocenters. The molecule has 2 aromatic rings. The van der Waals surface area contributed by atoms with E-state index >= 15 is 0 Å². The summed E-state index contributed by atoms with van der Waals surface area (Å²) in [5.41, 5.74) is 12.3.